The topological polar surface area (TPSA) is 40.6 Å². The Morgan fingerprint density at radius 1 is 1.30 bits per heavy atom. The van der Waals surface area contributed by atoms with Crippen LogP contribution in [0.5, 0.6) is 0 Å². The summed E-state index contributed by atoms with van der Waals surface area (Å²) < 4.78 is 0. The molecule has 1 aromatic rings. The Bertz CT molecular complexity index is 500. The van der Waals surface area contributed by atoms with Gasteiger partial charge in [-0.25, -0.2) is 0 Å². The Kier molecular flexibility index (Phi) is 4.08. The lowest BCUT2D eigenvalue weighted by atomic mass is 10.1. The zero-order chi connectivity index (χ0) is 13.9. The fraction of sp³-hybridized carbons (Fsp3) is 0.467. The summed E-state index contributed by atoms with van der Waals surface area (Å²) in [6.07, 6.45) is 0.368. The number of hydrogen-bond acceptors (Lipinski definition) is 4. The van der Waals surface area contributed by atoms with E-state index < -0.39 is 0 Å². The van der Waals surface area contributed by atoms with Crippen molar-refractivity contribution in [3.8, 4) is 0 Å². The van der Waals surface area contributed by atoms with Crippen molar-refractivity contribution in [3.63, 3.8) is 0 Å². The molecule has 4 nitrogen and oxygen atoms in total. The minimum Gasteiger partial charge on any atom is -0.331 e. The van der Waals surface area contributed by atoms with Gasteiger partial charge in [-0.05, 0) is 5.56 Å². The summed E-state index contributed by atoms with van der Waals surface area (Å²) in [6.45, 7) is 1.88. The van der Waals surface area contributed by atoms with E-state index in [2.05, 4.69) is 0 Å². The van der Waals surface area contributed by atoms with Crippen molar-refractivity contribution in [3.05, 3.63) is 35.9 Å². The van der Waals surface area contributed by atoms with Gasteiger partial charge in [-0.3, -0.25) is 14.5 Å². The molecular formula is C15H18N2O2S. The maximum atomic E-state index is 12.5. The van der Waals surface area contributed by atoms with Crippen LogP contribution in [0.4, 0.5) is 0 Å². The molecule has 1 aromatic carbocycles. The highest BCUT2D eigenvalue weighted by Crippen LogP contribution is 2.23. The molecule has 0 bridgehead atoms. The Hall–Kier alpha value is -1.33. The smallest absolute Gasteiger partial charge is 0.241 e. The standard InChI is InChI=1S/C15H18N2O2S/c18-13-8-14(15(19)16-6-7-20-11-16)17(10-13)9-12-4-2-1-3-5-12/h1-5,14H,6-11H2/t14-/m0/s1. The molecule has 0 aromatic heterocycles. The summed E-state index contributed by atoms with van der Waals surface area (Å²) in [6, 6.07) is 9.76. The number of amides is 1. The van der Waals surface area contributed by atoms with E-state index in [-0.39, 0.29) is 17.7 Å². The molecular weight excluding hydrogens is 272 g/mol. The lowest BCUT2D eigenvalue weighted by Crippen LogP contribution is -2.44. The van der Waals surface area contributed by atoms with Gasteiger partial charge in [-0.15, -0.1) is 11.8 Å². The van der Waals surface area contributed by atoms with E-state index in [0.717, 1.165) is 23.7 Å². The summed E-state index contributed by atoms with van der Waals surface area (Å²) in [4.78, 5) is 28.2. The van der Waals surface area contributed by atoms with Gasteiger partial charge in [0.1, 0.15) is 5.78 Å². The van der Waals surface area contributed by atoms with Gasteiger partial charge < -0.3 is 4.90 Å². The van der Waals surface area contributed by atoms with Crippen LogP contribution in [0, 0.1) is 0 Å². The van der Waals surface area contributed by atoms with E-state index in [1.807, 2.05) is 40.1 Å². The predicted molar refractivity (Wildman–Crippen MR) is 79.3 cm³/mol. The normalized spacial score (nSPS) is 23.5. The van der Waals surface area contributed by atoms with Crippen LogP contribution in [0.15, 0.2) is 30.3 Å². The number of rotatable bonds is 3. The maximum Gasteiger partial charge on any atom is 0.241 e. The molecule has 20 heavy (non-hydrogen) atoms. The third-order valence-corrected chi connectivity index (χ3v) is 4.78. The molecule has 0 radical (unpaired) electrons. The maximum absolute atomic E-state index is 12.5. The summed E-state index contributed by atoms with van der Waals surface area (Å²) in [7, 11) is 0. The van der Waals surface area contributed by atoms with E-state index in [4.69, 9.17) is 0 Å². The molecule has 106 valence electrons. The first kappa shape index (κ1) is 13.6. The number of carbonyl (C=O) groups excluding carboxylic acids is 2. The molecule has 0 unspecified atom stereocenters. The number of likely N-dealkylation sites (tertiary alicyclic amines) is 1. The van der Waals surface area contributed by atoms with Gasteiger partial charge in [0.05, 0.1) is 18.5 Å². The second kappa shape index (κ2) is 5.97. The van der Waals surface area contributed by atoms with Gasteiger partial charge in [0.15, 0.2) is 0 Å². The van der Waals surface area contributed by atoms with E-state index >= 15 is 0 Å². The summed E-state index contributed by atoms with van der Waals surface area (Å²) in [5.41, 5.74) is 1.15. The van der Waals surface area contributed by atoms with Gasteiger partial charge in [-0.2, -0.15) is 0 Å². The van der Waals surface area contributed by atoms with Crippen molar-refractivity contribution in [1.29, 1.82) is 0 Å². The molecule has 0 saturated carbocycles. The van der Waals surface area contributed by atoms with Crippen LogP contribution in [0.3, 0.4) is 0 Å². The van der Waals surface area contributed by atoms with Crippen LogP contribution in [0.2, 0.25) is 0 Å². The van der Waals surface area contributed by atoms with E-state index in [9.17, 15) is 9.59 Å². The highest BCUT2D eigenvalue weighted by atomic mass is 32.2. The molecule has 2 aliphatic heterocycles. The molecule has 2 heterocycles. The van der Waals surface area contributed by atoms with Crippen LogP contribution < -0.4 is 0 Å². The predicted octanol–water partition coefficient (Wildman–Crippen LogP) is 1.36. The molecule has 5 heteroatoms. The van der Waals surface area contributed by atoms with Crippen molar-refractivity contribution < 1.29 is 9.59 Å². The third-order valence-electron chi connectivity index (χ3n) is 3.82. The van der Waals surface area contributed by atoms with E-state index in [1.165, 1.54) is 0 Å². The Labute approximate surface area is 123 Å². The monoisotopic (exact) mass is 290 g/mol. The van der Waals surface area contributed by atoms with Crippen LogP contribution in [-0.2, 0) is 16.1 Å². The van der Waals surface area contributed by atoms with Crippen molar-refractivity contribution in [2.24, 2.45) is 0 Å². The van der Waals surface area contributed by atoms with Crippen LogP contribution in [0.1, 0.15) is 12.0 Å². The summed E-state index contributed by atoms with van der Waals surface area (Å²) in [5.74, 6) is 2.07. The summed E-state index contributed by atoms with van der Waals surface area (Å²) in [5, 5.41) is 0. The average molecular weight is 290 g/mol. The highest BCUT2D eigenvalue weighted by Gasteiger charge is 2.38. The van der Waals surface area contributed by atoms with Crippen molar-refractivity contribution in [1.82, 2.24) is 9.80 Å². The zero-order valence-corrected chi connectivity index (χ0v) is 12.1. The molecule has 0 spiro atoms. The number of hydrogen-bond donors (Lipinski definition) is 0. The summed E-state index contributed by atoms with van der Waals surface area (Å²) >= 11 is 1.78. The molecule has 0 N–H and O–H groups in total. The Balaban J connectivity index is 1.71. The number of benzene rings is 1. The first-order chi connectivity index (χ1) is 9.74. The number of carbonyl (C=O) groups is 2. The van der Waals surface area contributed by atoms with E-state index in [0.29, 0.717) is 19.5 Å². The SMILES string of the molecule is O=C1C[C@@H](C(=O)N2CCSC2)N(Cc2ccccc2)C1. The van der Waals surface area contributed by atoms with Crippen LogP contribution >= 0.6 is 11.8 Å². The molecule has 1 amide bonds. The van der Waals surface area contributed by atoms with Crippen LogP contribution in [0.25, 0.3) is 0 Å². The van der Waals surface area contributed by atoms with Crippen LogP contribution in [-0.4, -0.2) is 52.3 Å². The van der Waals surface area contributed by atoms with Crippen molar-refractivity contribution >= 4 is 23.5 Å². The van der Waals surface area contributed by atoms with Gasteiger partial charge in [-0.1, -0.05) is 30.3 Å². The molecule has 2 aliphatic rings. The van der Waals surface area contributed by atoms with Gasteiger partial charge in [0.25, 0.3) is 0 Å². The molecule has 3 rings (SSSR count). The molecule has 0 aliphatic carbocycles. The molecule has 1 atom stereocenters. The minimum absolute atomic E-state index is 0.122. The fourth-order valence-electron chi connectivity index (χ4n) is 2.77. The lowest BCUT2D eigenvalue weighted by Gasteiger charge is -2.26. The Morgan fingerprint density at radius 2 is 2.10 bits per heavy atom. The average Bonchev–Trinajstić information content (AvgIpc) is 3.09. The largest absolute Gasteiger partial charge is 0.331 e. The quantitative estimate of drug-likeness (QED) is 0.843. The second-order valence-corrected chi connectivity index (χ2v) is 6.36. The molecule has 2 saturated heterocycles. The number of nitrogens with zero attached hydrogens (tertiary/aromatic N) is 2. The van der Waals surface area contributed by atoms with Gasteiger partial charge in [0, 0.05) is 25.3 Å². The first-order valence-corrected chi connectivity index (χ1v) is 8.06. The number of thioether (sulfide) groups is 1. The second-order valence-electron chi connectivity index (χ2n) is 5.29. The fourth-order valence-corrected chi connectivity index (χ4v) is 3.73. The number of Topliss-reactive ketones (excluding diaryl/α,β-unsaturated/α-hetero) is 1. The minimum atomic E-state index is -0.263. The van der Waals surface area contributed by atoms with Crippen molar-refractivity contribution in [2.45, 2.75) is 19.0 Å². The first-order valence-electron chi connectivity index (χ1n) is 6.90. The Morgan fingerprint density at radius 3 is 2.80 bits per heavy atom. The van der Waals surface area contributed by atoms with E-state index in [1.54, 1.807) is 11.8 Å². The lowest BCUT2D eigenvalue weighted by molar-refractivity contribution is -0.134. The third kappa shape index (κ3) is 2.88. The van der Waals surface area contributed by atoms with Gasteiger partial charge >= 0.3 is 0 Å². The number of ketones is 1. The molecule has 2 fully saturated rings. The zero-order valence-electron chi connectivity index (χ0n) is 11.3. The highest BCUT2D eigenvalue weighted by molar-refractivity contribution is 7.99. The van der Waals surface area contributed by atoms with Gasteiger partial charge in [0.2, 0.25) is 5.91 Å². The van der Waals surface area contributed by atoms with Crippen molar-refractivity contribution in [2.75, 3.05) is 24.7 Å².